The van der Waals surface area contributed by atoms with Crippen molar-refractivity contribution in [3.05, 3.63) is 212 Å². The summed E-state index contributed by atoms with van der Waals surface area (Å²) < 4.78 is 11.1. The number of furan rings is 1. The lowest BCUT2D eigenvalue weighted by atomic mass is 9.98. The van der Waals surface area contributed by atoms with Gasteiger partial charge in [-0.05, 0) is 70.8 Å². The van der Waals surface area contributed by atoms with Gasteiger partial charge in [0, 0.05) is 49.1 Å². The van der Waals surface area contributed by atoms with Crippen LogP contribution < -0.4 is 0 Å². The summed E-state index contributed by atoms with van der Waals surface area (Å²) in [6.07, 6.45) is 0. The second-order valence-corrected chi connectivity index (χ2v) is 16.0. The number of aromatic nitrogens is 5. The van der Waals surface area contributed by atoms with Crippen LogP contribution in [-0.2, 0) is 0 Å². The second-order valence-electron chi connectivity index (χ2n) is 16.0. The van der Waals surface area contributed by atoms with E-state index < -0.39 is 0 Å². The highest BCUT2D eigenvalue weighted by molar-refractivity contribution is 6.23. The molecule has 0 fully saturated rings. The summed E-state index contributed by atoms with van der Waals surface area (Å²) in [7, 11) is 0. The molecule has 0 radical (unpaired) electrons. The Morgan fingerprint density at radius 3 is 1.41 bits per heavy atom. The summed E-state index contributed by atoms with van der Waals surface area (Å²) in [5, 5.41) is 6.66. The summed E-state index contributed by atoms with van der Waals surface area (Å²) in [5.41, 5.74) is 13.2. The van der Waals surface area contributed by atoms with Crippen LogP contribution in [0, 0.1) is 0 Å². The van der Waals surface area contributed by atoms with Crippen LogP contribution in [0.4, 0.5) is 0 Å². The van der Waals surface area contributed by atoms with Crippen LogP contribution in [0.1, 0.15) is 0 Å². The van der Waals surface area contributed by atoms with Crippen LogP contribution in [0.5, 0.6) is 0 Å². The van der Waals surface area contributed by atoms with Gasteiger partial charge in [0.2, 0.25) is 5.95 Å². The van der Waals surface area contributed by atoms with E-state index in [0.29, 0.717) is 17.6 Å². The summed E-state index contributed by atoms with van der Waals surface area (Å²) in [6.45, 7) is 0. The van der Waals surface area contributed by atoms with E-state index in [0.717, 1.165) is 105 Å². The molecule has 0 aliphatic heterocycles. The van der Waals surface area contributed by atoms with E-state index >= 15 is 0 Å². The van der Waals surface area contributed by atoms with Gasteiger partial charge in [-0.1, -0.05) is 164 Å². The Bertz CT molecular complexity index is 3850. The Morgan fingerprint density at radius 2 is 0.778 bits per heavy atom. The molecule has 0 aliphatic carbocycles. The highest BCUT2D eigenvalue weighted by Crippen LogP contribution is 2.43. The maximum Gasteiger partial charge on any atom is 0.238 e. The van der Waals surface area contributed by atoms with Gasteiger partial charge in [0.25, 0.3) is 0 Å². The first-order valence-electron chi connectivity index (χ1n) is 21.2. The lowest BCUT2D eigenvalue weighted by molar-refractivity contribution is 0.669. The molecule has 63 heavy (non-hydrogen) atoms. The molecule has 4 heterocycles. The van der Waals surface area contributed by atoms with Gasteiger partial charge in [0.05, 0.1) is 22.1 Å². The third kappa shape index (κ3) is 5.62. The van der Waals surface area contributed by atoms with E-state index in [2.05, 4.69) is 185 Å². The van der Waals surface area contributed by atoms with Gasteiger partial charge >= 0.3 is 0 Å². The van der Waals surface area contributed by atoms with Gasteiger partial charge in [-0.3, -0.25) is 4.57 Å². The minimum atomic E-state index is 0.530. The molecule has 0 saturated carbocycles. The average molecular weight is 806 g/mol. The third-order valence-electron chi connectivity index (χ3n) is 12.4. The Labute approximate surface area is 361 Å². The molecule has 0 unspecified atom stereocenters. The molecular formula is C57H35N5O. The lowest BCUT2D eigenvalue weighted by Crippen LogP contribution is -2.07. The lowest BCUT2D eigenvalue weighted by Gasteiger charge is -2.16. The van der Waals surface area contributed by atoms with Crippen molar-refractivity contribution < 1.29 is 4.42 Å². The summed E-state index contributed by atoms with van der Waals surface area (Å²) >= 11 is 0. The van der Waals surface area contributed by atoms with Gasteiger partial charge in [-0.15, -0.1) is 0 Å². The predicted octanol–water partition coefficient (Wildman–Crippen LogP) is 14.6. The first kappa shape index (κ1) is 35.2. The Morgan fingerprint density at radius 1 is 0.302 bits per heavy atom. The predicted molar refractivity (Wildman–Crippen MR) is 258 cm³/mol. The van der Waals surface area contributed by atoms with Gasteiger partial charge in [0.15, 0.2) is 11.6 Å². The van der Waals surface area contributed by atoms with Gasteiger partial charge in [0.1, 0.15) is 11.2 Å². The van der Waals surface area contributed by atoms with Crippen molar-refractivity contribution in [2.45, 2.75) is 0 Å². The molecule has 0 aliphatic rings. The molecule has 4 aromatic heterocycles. The van der Waals surface area contributed by atoms with Gasteiger partial charge < -0.3 is 8.98 Å². The molecule has 294 valence electrons. The van der Waals surface area contributed by atoms with Crippen molar-refractivity contribution in [2.24, 2.45) is 0 Å². The topological polar surface area (TPSA) is 61.7 Å². The quantitative estimate of drug-likeness (QED) is 0.168. The summed E-state index contributed by atoms with van der Waals surface area (Å²) in [4.78, 5) is 15.9. The van der Waals surface area contributed by atoms with Crippen LogP contribution in [0.2, 0.25) is 0 Å². The smallest absolute Gasteiger partial charge is 0.238 e. The first-order chi connectivity index (χ1) is 31.2. The number of nitrogens with zero attached hydrogens (tertiary/aromatic N) is 5. The van der Waals surface area contributed by atoms with Crippen molar-refractivity contribution in [2.75, 3.05) is 0 Å². The second kappa shape index (κ2) is 14.0. The van der Waals surface area contributed by atoms with Crippen molar-refractivity contribution in [3.63, 3.8) is 0 Å². The van der Waals surface area contributed by atoms with E-state index in [1.165, 1.54) is 0 Å². The van der Waals surface area contributed by atoms with Gasteiger partial charge in [-0.2, -0.15) is 9.97 Å². The average Bonchev–Trinajstić information content (AvgIpc) is 4.02. The fourth-order valence-electron chi connectivity index (χ4n) is 9.49. The molecule has 0 atom stereocenters. The maximum absolute atomic E-state index is 6.37. The molecule has 0 amide bonds. The number of benzene rings is 9. The molecule has 6 nitrogen and oxygen atoms in total. The summed E-state index contributed by atoms with van der Waals surface area (Å²) in [6, 6.07) is 74.6. The Kier molecular flexibility index (Phi) is 7.80. The van der Waals surface area contributed by atoms with E-state index in [-0.39, 0.29) is 0 Å². The number of hydrogen-bond donors (Lipinski definition) is 0. The van der Waals surface area contributed by atoms with Gasteiger partial charge in [-0.25, -0.2) is 4.98 Å². The van der Waals surface area contributed by atoms with Crippen molar-refractivity contribution in [3.8, 4) is 56.7 Å². The molecule has 0 bridgehead atoms. The van der Waals surface area contributed by atoms with E-state index in [1.54, 1.807) is 0 Å². The zero-order valence-corrected chi connectivity index (χ0v) is 33.9. The van der Waals surface area contributed by atoms with Crippen molar-refractivity contribution >= 4 is 65.6 Å². The fourth-order valence-corrected chi connectivity index (χ4v) is 9.49. The highest BCUT2D eigenvalue weighted by atomic mass is 16.3. The van der Waals surface area contributed by atoms with Crippen LogP contribution in [-0.4, -0.2) is 24.1 Å². The molecule has 0 N–H and O–H groups in total. The van der Waals surface area contributed by atoms with Crippen molar-refractivity contribution in [1.29, 1.82) is 0 Å². The molecule has 13 rings (SSSR count). The van der Waals surface area contributed by atoms with E-state index in [9.17, 15) is 0 Å². The van der Waals surface area contributed by atoms with Crippen LogP contribution >= 0.6 is 0 Å². The molecule has 0 saturated heterocycles. The van der Waals surface area contributed by atoms with Crippen molar-refractivity contribution in [1.82, 2.24) is 24.1 Å². The summed E-state index contributed by atoms with van der Waals surface area (Å²) in [5.74, 6) is 1.67. The number of hydrogen-bond acceptors (Lipinski definition) is 4. The molecule has 13 aromatic rings. The molecule has 6 heteroatoms. The standard InChI is InChI=1S/C57H35N5O/c1-4-16-36(17-5-1)40-32-41(37-18-6-2-7-19-37)34-42(33-40)61-49-25-13-10-22-43(49)47-30-31-48-44-23-11-14-26-50(44)62(54(48)53(47)61)57-59-55(38-20-8-3-9-21-38)58-56(60-57)39-28-29-46-45-24-12-15-27-51(45)63-52(46)35-39/h1-35H. The van der Waals surface area contributed by atoms with Crippen LogP contribution in [0.15, 0.2) is 217 Å². The molecule has 9 aromatic carbocycles. The SMILES string of the molecule is c1ccc(-c2cc(-c3ccccc3)cc(-n3c4ccccc4c4ccc5c6ccccc6n(-c6nc(-c7ccccc7)nc(-c7ccc8c(c7)oc7ccccc78)n6)c5c43)c2)cc1. The zero-order chi connectivity index (χ0) is 41.4. The largest absolute Gasteiger partial charge is 0.456 e. The Hall–Kier alpha value is -8.61. The highest BCUT2D eigenvalue weighted by Gasteiger charge is 2.24. The zero-order valence-electron chi connectivity index (χ0n) is 33.9. The van der Waals surface area contributed by atoms with Crippen LogP contribution in [0.3, 0.4) is 0 Å². The van der Waals surface area contributed by atoms with E-state index in [4.69, 9.17) is 19.4 Å². The number of para-hydroxylation sites is 3. The number of rotatable bonds is 6. The molecular weight excluding hydrogens is 771 g/mol. The maximum atomic E-state index is 6.37. The fraction of sp³-hybridized carbons (Fsp3) is 0. The van der Waals surface area contributed by atoms with E-state index in [1.807, 2.05) is 36.4 Å². The third-order valence-corrected chi connectivity index (χ3v) is 12.4. The number of fused-ring (bicyclic) bond motifs is 10. The minimum absolute atomic E-state index is 0.530. The monoisotopic (exact) mass is 805 g/mol. The van der Waals surface area contributed by atoms with Crippen LogP contribution in [0.25, 0.3) is 122 Å². The Balaban J connectivity index is 1.14. The minimum Gasteiger partial charge on any atom is -0.456 e. The molecule has 0 spiro atoms. The normalized spacial score (nSPS) is 11.8. The first-order valence-corrected chi connectivity index (χ1v) is 21.2.